The van der Waals surface area contributed by atoms with E-state index in [1.165, 1.54) is 0 Å². The lowest BCUT2D eigenvalue weighted by Gasteiger charge is -2.10. The smallest absolute Gasteiger partial charge is 0.416 e. The minimum absolute atomic E-state index is 0.239. The van der Waals surface area contributed by atoms with E-state index < -0.39 is 17.6 Å². The molecule has 100 valence electrons. The Morgan fingerprint density at radius 1 is 0.947 bits per heavy atom. The molecule has 5 heteroatoms. The van der Waals surface area contributed by atoms with Crippen LogP contribution in [-0.4, -0.2) is 0 Å². The van der Waals surface area contributed by atoms with Crippen molar-refractivity contribution in [3.8, 4) is 11.5 Å². The highest BCUT2D eigenvalue weighted by Gasteiger charge is 2.31. The van der Waals surface area contributed by atoms with Gasteiger partial charge >= 0.3 is 6.18 Å². The van der Waals surface area contributed by atoms with Crippen LogP contribution in [0.3, 0.4) is 0 Å². The minimum Gasteiger partial charge on any atom is -0.454 e. The van der Waals surface area contributed by atoms with E-state index in [1.807, 2.05) is 6.92 Å². The highest BCUT2D eigenvalue weighted by atomic mass is 19.4. The summed E-state index contributed by atoms with van der Waals surface area (Å²) in [5.41, 5.74) is -0.0403. The van der Waals surface area contributed by atoms with Crippen LogP contribution in [0.1, 0.15) is 11.1 Å². The Morgan fingerprint density at radius 2 is 1.58 bits per heavy atom. The quantitative estimate of drug-likeness (QED) is 0.702. The Balaban J connectivity index is 2.24. The molecule has 0 aliphatic rings. The van der Waals surface area contributed by atoms with Gasteiger partial charge in [-0.1, -0.05) is 17.7 Å². The van der Waals surface area contributed by atoms with E-state index in [2.05, 4.69) is 0 Å². The molecule has 0 N–H and O–H groups in total. The maximum atomic E-state index is 13.5. The van der Waals surface area contributed by atoms with Gasteiger partial charge in [0.2, 0.25) is 0 Å². The lowest BCUT2D eigenvalue weighted by Crippen LogP contribution is -2.05. The molecule has 2 aromatic rings. The standard InChI is InChI=1S/C14H10F4O/c1-9-2-5-11(6-3-9)19-13-7-4-10(8-12(13)15)14(16,17)18/h2-8H,1H3. The van der Waals surface area contributed by atoms with Crippen LogP contribution in [-0.2, 0) is 6.18 Å². The first-order valence-electron chi connectivity index (χ1n) is 5.47. The summed E-state index contributed by atoms with van der Waals surface area (Å²) in [6, 6.07) is 8.93. The van der Waals surface area contributed by atoms with E-state index in [0.717, 1.165) is 17.7 Å². The third-order valence-corrected chi connectivity index (χ3v) is 2.51. The van der Waals surface area contributed by atoms with Gasteiger partial charge in [0.15, 0.2) is 11.6 Å². The number of hydrogen-bond donors (Lipinski definition) is 0. The number of rotatable bonds is 2. The van der Waals surface area contributed by atoms with Crippen molar-refractivity contribution in [2.75, 3.05) is 0 Å². The largest absolute Gasteiger partial charge is 0.454 e. The molecule has 2 aromatic carbocycles. The molecule has 0 amide bonds. The number of benzene rings is 2. The van der Waals surface area contributed by atoms with Gasteiger partial charge in [-0.05, 0) is 37.3 Å². The van der Waals surface area contributed by atoms with Crippen molar-refractivity contribution in [1.29, 1.82) is 0 Å². The summed E-state index contributed by atoms with van der Waals surface area (Å²) < 4.78 is 55.8. The fourth-order valence-corrected chi connectivity index (χ4v) is 1.49. The molecule has 0 aliphatic carbocycles. The van der Waals surface area contributed by atoms with Gasteiger partial charge in [0.05, 0.1) is 5.56 Å². The van der Waals surface area contributed by atoms with E-state index in [4.69, 9.17) is 4.74 Å². The Bertz CT molecular complexity index is 573. The van der Waals surface area contributed by atoms with Crippen LogP contribution in [0.5, 0.6) is 11.5 Å². The van der Waals surface area contributed by atoms with E-state index in [-0.39, 0.29) is 5.75 Å². The zero-order chi connectivity index (χ0) is 14.0. The van der Waals surface area contributed by atoms with Crippen molar-refractivity contribution in [2.24, 2.45) is 0 Å². The molecule has 0 aliphatic heterocycles. The van der Waals surface area contributed by atoms with Gasteiger partial charge < -0.3 is 4.74 Å². The predicted molar refractivity (Wildman–Crippen MR) is 62.7 cm³/mol. The van der Waals surface area contributed by atoms with Gasteiger partial charge in [-0.25, -0.2) is 4.39 Å². The van der Waals surface area contributed by atoms with Crippen molar-refractivity contribution in [3.63, 3.8) is 0 Å². The van der Waals surface area contributed by atoms with Crippen molar-refractivity contribution < 1.29 is 22.3 Å². The first-order chi connectivity index (χ1) is 8.86. The number of hydrogen-bond acceptors (Lipinski definition) is 1. The number of halogens is 4. The molecule has 2 rings (SSSR count). The summed E-state index contributed by atoms with van der Waals surface area (Å²) in [6.45, 7) is 1.88. The lowest BCUT2D eigenvalue weighted by atomic mass is 10.2. The van der Waals surface area contributed by atoms with Crippen LogP contribution in [0, 0.1) is 12.7 Å². The molecule has 19 heavy (non-hydrogen) atoms. The summed E-state index contributed by atoms with van der Waals surface area (Å²) >= 11 is 0. The van der Waals surface area contributed by atoms with Crippen LogP contribution in [0.25, 0.3) is 0 Å². The van der Waals surface area contributed by atoms with E-state index in [9.17, 15) is 17.6 Å². The maximum absolute atomic E-state index is 13.5. The second-order valence-electron chi connectivity index (χ2n) is 4.06. The van der Waals surface area contributed by atoms with Crippen LogP contribution in [0.2, 0.25) is 0 Å². The summed E-state index contributed by atoms with van der Waals surface area (Å²) in [7, 11) is 0. The Hall–Kier alpha value is -2.04. The zero-order valence-electron chi connectivity index (χ0n) is 9.96. The first-order valence-corrected chi connectivity index (χ1v) is 5.47. The summed E-state index contributed by atoms with van der Waals surface area (Å²) in [6.07, 6.45) is -4.57. The number of alkyl halides is 3. The monoisotopic (exact) mass is 270 g/mol. The van der Waals surface area contributed by atoms with Gasteiger partial charge in [0.1, 0.15) is 5.75 Å². The normalized spacial score (nSPS) is 11.4. The molecule has 0 aromatic heterocycles. The number of aryl methyl sites for hydroxylation is 1. The molecule has 0 saturated heterocycles. The summed E-state index contributed by atoms with van der Waals surface area (Å²) in [4.78, 5) is 0. The fraction of sp³-hybridized carbons (Fsp3) is 0.143. The molecule has 0 saturated carbocycles. The Labute approximate surface area is 107 Å². The van der Waals surface area contributed by atoms with Gasteiger partial charge in [0, 0.05) is 0 Å². The van der Waals surface area contributed by atoms with Crippen molar-refractivity contribution in [1.82, 2.24) is 0 Å². The molecular weight excluding hydrogens is 260 g/mol. The molecule has 0 bridgehead atoms. The van der Waals surface area contributed by atoms with Crippen molar-refractivity contribution in [2.45, 2.75) is 13.1 Å². The van der Waals surface area contributed by atoms with Crippen LogP contribution < -0.4 is 4.74 Å². The van der Waals surface area contributed by atoms with Gasteiger partial charge in [-0.15, -0.1) is 0 Å². The third-order valence-electron chi connectivity index (χ3n) is 2.51. The van der Waals surface area contributed by atoms with E-state index >= 15 is 0 Å². The maximum Gasteiger partial charge on any atom is 0.416 e. The SMILES string of the molecule is Cc1ccc(Oc2ccc(C(F)(F)F)cc2F)cc1. The Morgan fingerprint density at radius 3 is 2.11 bits per heavy atom. The fourth-order valence-electron chi connectivity index (χ4n) is 1.49. The van der Waals surface area contributed by atoms with Crippen LogP contribution in [0.15, 0.2) is 42.5 Å². The van der Waals surface area contributed by atoms with E-state index in [0.29, 0.717) is 11.8 Å². The summed E-state index contributed by atoms with van der Waals surface area (Å²) in [5.74, 6) is -0.920. The van der Waals surface area contributed by atoms with Crippen LogP contribution >= 0.6 is 0 Å². The minimum atomic E-state index is -4.57. The Kier molecular flexibility index (Phi) is 3.46. The van der Waals surface area contributed by atoms with Gasteiger partial charge in [-0.2, -0.15) is 13.2 Å². The third kappa shape index (κ3) is 3.24. The van der Waals surface area contributed by atoms with Crippen molar-refractivity contribution >= 4 is 0 Å². The zero-order valence-corrected chi connectivity index (χ0v) is 9.96. The lowest BCUT2D eigenvalue weighted by molar-refractivity contribution is -0.137. The molecule has 0 spiro atoms. The number of ether oxygens (including phenoxy) is 1. The molecular formula is C14H10F4O. The molecule has 0 unspecified atom stereocenters. The second-order valence-corrected chi connectivity index (χ2v) is 4.06. The average Bonchev–Trinajstić information content (AvgIpc) is 2.33. The molecule has 0 heterocycles. The second kappa shape index (κ2) is 4.91. The molecule has 0 radical (unpaired) electrons. The van der Waals surface area contributed by atoms with Gasteiger partial charge in [-0.3, -0.25) is 0 Å². The molecule has 0 atom stereocenters. The van der Waals surface area contributed by atoms with Crippen molar-refractivity contribution in [3.05, 3.63) is 59.4 Å². The predicted octanol–water partition coefficient (Wildman–Crippen LogP) is 4.95. The first kappa shape index (κ1) is 13.4. The van der Waals surface area contributed by atoms with Crippen LogP contribution in [0.4, 0.5) is 17.6 Å². The van der Waals surface area contributed by atoms with Gasteiger partial charge in [0.25, 0.3) is 0 Å². The average molecular weight is 270 g/mol. The highest BCUT2D eigenvalue weighted by molar-refractivity contribution is 5.36. The van der Waals surface area contributed by atoms with E-state index in [1.54, 1.807) is 24.3 Å². The topological polar surface area (TPSA) is 9.23 Å². The molecule has 1 nitrogen and oxygen atoms in total. The highest BCUT2D eigenvalue weighted by Crippen LogP contribution is 2.33. The summed E-state index contributed by atoms with van der Waals surface area (Å²) in [5, 5.41) is 0. The molecule has 0 fully saturated rings.